The lowest BCUT2D eigenvalue weighted by Gasteiger charge is -2.33. The smallest absolute Gasteiger partial charge is 0.264 e. The highest BCUT2D eigenvalue weighted by molar-refractivity contribution is 7.21. The lowest BCUT2D eigenvalue weighted by atomic mass is 10.2. The van der Waals surface area contributed by atoms with Crippen LogP contribution < -0.4 is 10.5 Å². The van der Waals surface area contributed by atoms with Gasteiger partial charge < -0.3 is 14.8 Å². The maximum Gasteiger partial charge on any atom is 0.264 e. The molecule has 0 spiro atoms. The normalized spacial score (nSPS) is 14.9. The summed E-state index contributed by atoms with van der Waals surface area (Å²) in [5.74, 6) is 1.41. The Morgan fingerprint density at radius 3 is 2.68 bits per heavy atom. The van der Waals surface area contributed by atoms with Crippen LogP contribution in [0.5, 0.6) is 0 Å². The van der Waals surface area contributed by atoms with E-state index in [1.165, 1.54) is 11.3 Å². The number of nitrogens with zero attached hydrogens (tertiary/aromatic N) is 4. The summed E-state index contributed by atoms with van der Waals surface area (Å²) in [4.78, 5) is 37.2. The zero-order valence-electron chi connectivity index (χ0n) is 15.2. The molecule has 142 valence electrons. The van der Waals surface area contributed by atoms with Crippen molar-refractivity contribution in [1.29, 1.82) is 0 Å². The van der Waals surface area contributed by atoms with Crippen molar-refractivity contribution in [2.75, 3.05) is 31.1 Å². The molecule has 9 heteroatoms. The number of amides is 1. The van der Waals surface area contributed by atoms with E-state index in [1.807, 2.05) is 36.1 Å². The predicted octanol–water partition coefficient (Wildman–Crippen LogP) is 2.13. The summed E-state index contributed by atoms with van der Waals surface area (Å²) in [6.07, 6.45) is 0. The van der Waals surface area contributed by atoms with E-state index in [-0.39, 0.29) is 11.5 Å². The van der Waals surface area contributed by atoms with E-state index >= 15 is 0 Å². The van der Waals surface area contributed by atoms with Crippen LogP contribution in [0.25, 0.3) is 21.0 Å². The Bertz CT molecular complexity index is 1250. The lowest BCUT2D eigenvalue weighted by Crippen LogP contribution is -2.49. The van der Waals surface area contributed by atoms with E-state index in [2.05, 4.69) is 25.1 Å². The van der Waals surface area contributed by atoms with E-state index in [1.54, 1.807) is 6.07 Å². The second-order valence-electron chi connectivity index (χ2n) is 6.85. The molecule has 0 aliphatic carbocycles. The van der Waals surface area contributed by atoms with Crippen molar-refractivity contribution in [3.8, 4) is 0 Å². The number of aromatic nitrogens is 4. The van der Waals surface area contributed by atoms with Crippen molar-refractivity contribution in [2.45, 2.75) is 6.92 Å². The third kappa shape index (κ3) is 2.75. The number of hydrogen-bond acceptors (Lipinski definition) is 6. The number of piperazine rings is 1. The molecule has 0 bridgehead atoms. The van der Waals surface area contributed by atoms with Gasteiger partial charge in [0.2, 0.25) is 5.95 Å². The van der Waals surface area contributed by atoms with Gasteiger partial charge in [-0.15, -0.1) is 16.4 Å². The van der Waals surface area contributed by atoms with Crippen molar-refractivity contribution in [3.63, 3.8) is 0 Å². The molecule has 4 heterocycles. The Morgan fingerprint density at radius 2 is 1.93 bits per heavy atom. The quantitative estimate of drug-likeness (QED) is 0.543. The highest BCUT2D eigenvalue weighted by Gasteiger charge is 2.25. The van der Waals surface area contributed by atoms with Crippen LogP contribution in [0.2, 0.25) is 0 Å². The zero-order chi connectivity index (χ0) is 19.3. The summed E-state index contributed by atoms with van der Waals surface area (Å²) in [7, 11) is 0. The van der Waals surface area contributed by atoms with Gasteiger partial charge in [-0.2, -0.15) is 4.98 Å². The number of H-pyrrole nitrogens is 2. The van der Waals surface area contributed by atoms with Gasteiger partial charge in [0.15, 0.2) is 0 Å². The fraction of sp³-hybridized carbons (Fsp3) is 0.263. The number of carbonyl (C=O) groups excluding carboxylic acids is 1. The van der Waals surface area contributed by atoms with Crippen molar-refractivity contribution in [3.05, 3.63) is 51.4 Å². The van der Waals surface area contributed by atoms with Crippen LogP contribution >= 0.6 is 11.3 Å². The average molecular weight is 394 g/mol. The number of para-hydroxylation sites is 1. The van der Waals surface area contributed by atoms with Crippen molar-refractivity contribution < 1.29 is 4.79 Å². The van der Waals surface area contributed by atoms with E-state index in [9.17, 15) is 9.59 Å². The number of thiophene rings is 1. The summed E-state index contributed by atoms with van der Waals surface area (Å²) >= 11 is 1.39. The Labute approximate surface area is 163 Å². The first-order valence-corrected chi connectivity index (χ1v) is 9.89. The Balaban J connectivity index is 1.41. The van der Waals surface area contributed by atoms with Gasteiger partial charge in [0, 0.05) is 41.8 Å². The number of pyridine rings is 1. The summed E-state index contributed by atoms with van der Waals surface area (Å²) in [5, 5.41) is 8.57. The van der Waals surface area contributed by atoms with Crippen LogP contribution in [-0.4, -0.2) is 57.2 Å². The Kier molecular flexibility index (Phi) is 3.90. The minimum atomic E-state index is -0.159. The fourth-order valence-electron chi connectivity index (χ4n) is 3.58. The monoisotopic (exact) mass is 394 g/mol. The van der Waals surface area contributed by atoms with Gasteiger partial charge in [0.1, 0.15) is 5.82 Å². The summed E-state index contributed by atoms with van der Waals surface area (Å²) in [5.41, 5.74) is 0.630. The molecule has 0 radical (unpaired) electrons. The SMILES string of the molecule is Cc1nc(N2CCN(C(=O)c3cc4c(=O)[nH]c5ccccc5c4s3)CC2)n[nH]1. The molecule has 1 aromatic carbocycles. The van der Waals surface area contributed by atoms with Gasteiger partial charge in [0.25, 0.3) is 11.5 Å². The third-order valence-corrected chi connectivity index (χ3v) is 6.20. The largest absolute Gasteiger partial charge is 0.336 e. The molecule has 8 nitrogen and oxygen atoms in total. The molecule has 5 rings (SSSR count). The number of benzene rings is 1. The molecule has 1 amide bonds. The van der Waals surface area contributed by atoms with E-state index in [0.717, 1.165) is 21.4 Å². The van der Waals surface area contributed by atoms with Gasteiger partial charge in [-0.3, -0.25) is 14.7 Å². The molecule has 0 unspecified atom stereocenters. The van der Waals surface area contributed by atoms with Crippen LogP contribution in [0.15, 0.2) is 35.1 Å². The Hall–Kier alpha value is -3.20. The van der Waals surface area contributed by atoms with Crippen molar-refractivity contribution >= 4 is 44.2 Å². The highest BCUT2D eigenvalue weighted by Crippen LogP contribution is 2.30. The van der Waals surface area contributed by atoms with Gasteiger partial charge in [0.05, 0.1) is 10.3 Å². The molecular formula is C19H18N6O2S. The molecule has 1 aliphatic rings. The summed E-state index contributed by atoms with van der Waals surface area (Å²) in [6, 6.07) is 9.39. The number of rotatable bonds is 2. The van der Waals surface area contributed by atoms with E-state index < -0.39 is 0 Å². The number of aromatic amines is 2. The first-order valence-electron chi connectivity index (χ1n) is 9.08. The number of carbonyl (C=O) groups is 1. The van der Waals surface area contributed by atoms with Gasteiger partial charge in [-0.05, 0) is 19.1 Å². The second-order valence-corrected chi connectivity index (χ2v) is 7.91. The van der Waals surface area contributed by atoms with Crippen molar-refractivity contribution in [2.24, 2.45) is 0 Å². The van der Waals surface area contributed by atoms with Gasteiger partial charge in [-0.1, -0.05) is 18.2 Å². The molecule has 1 aliphatic heterocycles. The molecule has 4 aromatic rings. The zero-order valence-corrected chi connectivity index (χ0v) is 16.0. The van der Waals surface area contributed by atoms with E-state index in [0.29, 0.717) is 42.4 Å². The van der Waals surface area contributed by atoms with Crippen LogP contribution in [0.4, 0.5) is 5.95 Å². The highest BCUT2D eigenvalue weighted by atomic mass is 32.1. The molecular weight excluding hydrogens is 376 g/mol. The molecule has 0 atom stereocenters. The topological polar surface area (TPSA) is 98.0 Å². The van der Waals surface area contributed by atoms with Crippen LogP contribution in [0.3, 0.4) is 0 Å². The number of nitrogens with one attached hydrogen (secondary N) is 2. The molecule has 3 aromatic heterocycles. The fourth-order valence-corrected chi connectivity index (χ4v) is 4.75. The molecule has 1 saturated heterocycles. The first kappa shape index (κ1) is 16.9. The number of anilines is 1. The van der Waals surface area contributed by atoms with Gasteiger partial charge in [-0.25, -0.2) is 0 Å². The minimum Gasteiger partial charge on any atom is -0.336 e. The van der Waals surface area contributed by atoms with Crippen LogP contribution in [0.1, 0.15) is 15.5 Å². The third-order valence-electron chi connectivity index (χ3n) is 5.04. The predicted molar refractivity (Wildman–Crippen MR) is 109 cm³/mol. The summed E-state index contributed by atoms with van der Waals surface area (Å²) in [6.45, 7) is 4.41. The van der Waals surface area contributed by atoms with Gasteiger partial charge >= 0.3 is 0 Å². The maximum absolute atomic E-state index is 13.0. The number of hydrogen-bond donors (Lipinski definition) is 2. The molecule has 28 heavy (non-hydrogen) atoms. The number of fused-ring (bicyclic) bond motifs is 3. The van der Waals surface area contributed by atoms with Crippen LogP contribution in [-0.2, 0) is 0 Å². The summed E-state index contributed by atoms with van der Waals surface area (Å²) < 4.78 is 0.859. The average Bonchev–Trinajstić information content (AvgIpc) is 3.35. The van der Waals surface area contributed by atoms with Crippen molar-refractivity contribution in [1.82, 2.24) is 25.1 Å². The molecule has 2 N–H and O–H groups in total. The first-order chi connectivity index (χ1) is 13.6. The Morgan fingerprint density at radius 1 is 1.14 bits per heavy atom. The molecule has 1 fully saturated rings. The standard InChI is InChI=1S/C19H18N6O2S/c1-11-20-19(23-22-11)25-8-6-24(7-9-25)18(27)15-10-13-16(28-15)12-4-2-3-5-14(12)21-17(13)26/h2-5,10H,6-9H2,1H3,(H,21,26)(H,20,22,23). The van der Waals surface area contributed by atoms with Crippen LogP contribution in [0, 0.1) is 6.92 Å². The number of aryl methyl sites for hydroxylation is 1. The second kappa shape index (κ2) is 6.45. The van der Waals surface area contributed by atoms with E-state index in [4.69, 9.17) is 0 Å². The maximum atomic E-state index is 13.0. The minimum absolute atomic E-state index is 0.0319. The lowest BCUT2D eigenvalue weighted by molar-refractivity contribution is 0.0751. The molecule has 0 saturated carbocycles.